The van der Waals surface area contributed by atoms with Crippen LogP contribution < -0.4 is 11.1 Å². The minimum atomic E-state index is 0.736. The predicted molar refractivity (Wildman–Crippen MR) is 56.6 cm³/mol. The van der Waals surface area contributed by atoms with Crippen molar-refractivity contribution in [3.63, 3.8) is 0 Å². The zero-order valence-electron chi connectivity index (χ0n) is 7.88. The summed E-state index contributed by atoms with van der Waals surface area (Å²) >= 11 is 2.10. The Morgan fingerprint density at radius 3 is 3.08 bits per heavy atom. The fourth-order valence-electron chi connectivity index (χ4n) is 1.57. The van der Waals surface area contributed by atoms with Crippen LogP contribution in [0.15, 0.2) is 0 Å². The van der Waals surface area contributed by atoms with Crippen LogP contribution in [-0.2, 0) is 0 Å². The van der Waals surface area contributed by atoms with Crippen LogP contribution in [0, 0.1) is 0 Å². The zero-order chi connectivity index (χ0) is 8.81. The molecule has 0 saturated carbocycles. The fraction of sp³-hybridized carbons (Fsp3) is 1.00. The van der Waals surface area contributed by atoms with Crippen LogP contribution in [0.2, 0.25) is 0 Å². The Kier molecular flexibility index (Phi) is 5.04. The van der Waals surface area contributed by atoms with Crippen LogP contribution in [0.5, 0.6) is 0 Å². The van der Waals surface area contributed by atoms with Gasteiger partial charge < -0.3 is 11.1 Å². The maximum atomic E-state index is 5.51. The number of thioether (sulfide) groups is 1. The van der Waals surface area contributed by atoms with E-state index in [0.717, 1.165) is 23.5 Å². The Balaban J connectivity index is 2.11. The molecule has 72 valence electrons. The Morgan fingerprint density at radius 2 is 2.50 bits per heavy atom. The molecule has 12 heavy (non-hydrogen) atoms. The summed E-state index contributed by atoms with van der Waals surface area (Å²) in [4.78, 5) is 0. The van der Waals surface area contributed by atoms with E-state index in [9.17, 15) is 0 Å². The lowest BCUT2D eigenvalue weighted by Crippen LogP contribution is -2.32. The summed E-state index contributed by atoms with van der Waals surface area (Å²) in [5.41, 5.74) is 5.51. The van der Waals surface area contributed by atoms with Gasteiger partial charge in [-0.05, 0) is 32.4 Å². The number of piperidine rings is 1. The van der Waals surface area contributed by atoms with Crippen molar-refractivity contribution in [3.8, 4) is 0 Å². The lowest BCUT2D eigenvalue weighted by atomic mass is 10.2. The van der Waals surface area contributed by atoms with Crippen LogP contribution in [0.4, 0.5) is 0 Å². The van der Waals surface area contributed by atoms with Gasteiger partial charge in [-0.25, -0.2) is 0 Å². The Bertz CT molecular complexity index is 113. The number of nitrogens with one attached hydrogen (secondary N) is 1. The molecular formula is C9H20N2S. The first-order valence-electron chi connectivity index (χ1n) is 4.89. The second-order valence-corrected chi connectivity index (χ2v) is 5.24. The third kappa shape index (κ3) is 3.78. The maximum Gasteiger partial charge on any atom is 0.0175 e. The molecule has 2 atom stereocenters. The van der Waals surface area contributed by atoms with E-state index in [1.54, 1.807) is 0 Å². The van der Waals surface area contributed by atoms with Crippen molar-refractivity contribution in [2.45, 2.75) is 36.7 Å². The van der Waals surface area contributed by atoms with Gasteiger partial charge in [0.2, 0.25) is 0 Å². The van der Waals surface area contributed by atoms with E-state index >= 15 is 0 Å². The van der Waals surface area contributed by atoms with Gasteiger partial charge in [-0.2, -0.15) is 11.8 Å². The smallest absolute Gasteiger partial charge is 0.0175 e. The van der Waals surface area contributed by atoms with E-state index in [2.05, 4.69) is 24.0 Å². The summed E-state index contributed by atoms with van der Waals surface area (Å²) in [6.45, 7) is 5.52. The van der Waals surface area contributed by atoms with E-state index in [0.29, 0.717) is 0 Å². The highest BCUT2D eigenvalue weighted by atomic mass is 32.2. The SMILES string of the molecule is CC(CCN)SC1CCCNC1. The lowest BCUT2D eigenvalue weighted by Gasteiger charge is -2.24. The standard InChI is InChI=1S/C9H20N2S/c1-8(4-5-10)12-9-3-2-6-11-7-9/h8-9,11H,2-7,10H2,1H3. The van der Waals surface area contributed by atoms with Gasteiger partial charge in [0.25, 0.3) is 0 Å². The first-order valence-corrected chi connectivity index (χ1v) is 5.83. The molecule has 0 aromatic heterocycles. The molecule has 0 aromatic carbocycles. The largest absolute Gasteiger partial charge is 0.330 e. The van der Waals surface area contributed by atoms with E-state index < -0.39 is 0 Å². The quantitative estimate of drug-likeness (QED) is 0.696. The van der Waals surface area contributed by atoms with Crippen molar-refractivity contribution in [2.24, 2.45) is 5.73 Å². The van der Waals surface area contributed by atoms with Gasteiger partial charge in [0.1, 0.15) is 0 Å². The van der Waals surface area contributed by atoms with Crippen molar-refractivity contribution < 1.29 is 0 Å². The third-order valence-corrected chi connectivity index (χ3v) is 3.74. The molecule has 3 heteroatoms. The van der Waals surface area contributed by atoms with Crippen LogP contribution in [0.25, 0.3) is 0 Å². The average Bonchev–Trinajstić information content (AvgIpc) is 2.06. The molecule has 0 radical (unpaired) electrons. The van der Waals surface area contributed by atoms with Crippen LogP contribution in [-0.4, -0.2) is 30.1 Å². The monoisotopic (exact) mass is 188 g/mol. The first-order chi connectivity index (χ1) is 5.83. The van der Waals surface area contributed by atoms with Gasteiger partial charge >= 0.3 is 0 Å². The highest BCUT2D eigenvalue weighted by Crippen LogP contribution is 2.24. The summed E-state index contributed by atoms with van der Waals surface area (Å²) < 4.78 is 0. The first kappa shape index (κ1) is 10.4. The highest BCUT2D eigenvalue weighted by Gasteiger charge is 2.15. The number of hydrogen-bond acceptors (Lipinski definition) is 3. The summed E-state index contributed by atoms with van der Waals surface area (Å²) in [6, 6.07) is 0. The normalized spacial score (nSPS) is 27.0. The molecule has 1 saturated heterocycles. The second kappa shape index (κ2) is 5.84. The van der Waals surface area contributed by atoms with Crippen LogP contribution >= 0.6 is 11.8 Å². The van der Waals surface area contributed by atoms with Crippen molar-refractivity contribution in [1.82, 2.24) is 5.32 Å². The summed E-state index contributed by atoms with van der Waals surface area (Å²) in [6.07, 6.45) is 3.88. The van der Waals surface area contributed by atoms with Gasteiger partial charge in [0.05, 0.1) is 0 Å². The number of hydrogen-bond donors (Lipinski definition) is 2. The summed E-state index contributed by atoms with van der Waals surface area (Å²) in [5.74, 6) is 0. The topological polar surface area (TPSA) is 38.0 Å². The molecule has 0 bridgehead atoms. The fourth-order valence-corrected chi connectivity index (χ4v) is 3.01. The molecular weight excluding hydrogens is 168 g/mol. The van der Waals surface area contributed by atoms with Gasteiger partial charge in [-0.15, -0.1) is 0 Å². The molecule has 1 aliphatic heterocycles. The van der Waals surface area contributed by atoms with Crippen molar-refractivity contribution >= 4 is 11.8 Å². The minimum Gasteiger partial charge on any atom is -0.330 e. The van der Waals surface area contributed by atoms with E-state index in [1.165, 1.54) is 25.9 Å². The molecule has 3 N–H and O–H groups in total. The van der Waals surface area contributed by atoms with Crippen molar-refractivity contribution in [3.05, 3.63) is 0 Å². The number of rotatable bonds is 4. The predicted octanol–water partition coefficient (Wildman–Crippen LogP) is 1.21. The molecule has 0 spiro atoms. The Morgan fingerprint density at radius 1 is 1.67 bits per heavy atom. The lowest BCUT2D eigenvalue weighted by molar-refractivity contribution is 0.530. The van der Waals surface area contributed by atoms with Crippen LogP contribution in [0.1, 0.15) is 26.2 Å². The second-order valence-electron chi connectivity index (χ2n) is 3.49. The minimum absolute atomic E-state index is 0.736. The van der Waals surface area contributed by atoms with Gasteiger partial charge in [0.15, 0.2) is 0 Å². The maximum absolute atomic E-state index is 5.51. The molecule has 1 fully saturated rings. The molecule has 0 aliphatic carbocycles. The molecule has 1 heterocycles. The van der Waals surface area contributed by atoms with Crippen molar-refractivity contribution in [1.29, 1.82) is 0 Å². The molecule has 2 nitrogen and oxygen atoms in total. The van der Waals surface area contributed by atoms with E-state index in [-0.39, 0.29) is 0 Å². The average molecular weight is 188 g/mol. The molecule has 0 aromatic rings. The zero-order valence-corrected chi connectivity index (χ0v) is 8.70. The summed E-state index contributed by atoms with van der Waals surface area (Å²) in [7, 11) is 0. The van der Waals surface area contributed by atoms with Crippen molar-refractivity contribution in [2.75, 3.05) is 19.6 Å². The van der Waals surface area contributed by atoms with Gasteiger partial charge in [-0.3, -0.25) is 0 Å². The molecule has 1 rings (SSSR count). The van der Waals surface area contributed by atoms with E-state index in [4.69, 9.17) is 5.73 Å². The number of nitrogens with two attached hydrogens (primary N) is 1. The Hall–Kier alpha value is 0.270. The molecule has 2 unspecified atom stereocenters. The van der Waals surface area contributed by atoms with Gasteiger partial charge in [0, 0.05) is 17.0 Å². The van der Waals surface area contributed by atoms with E-state index in [1.807, 2.05) is 0 Å². The summed E-state index contributed by atoms with van der Waals surface area (Å²) in [5, 5.41) is 5.00. The molecule has 0 amide bonds. The third-order valence-electron chi connectivity index (χ3n) is 2.25. The van der Waals surface area contributed by atoms with Crippen LogP contribution in [0.3, 0.4) is 0 Å². The highest BCUT2D eigenvalue weighted by molar-refractivity contribution is 8.00. The van der Waals surface area contributed by atoms with Gasteiger partial charge in [-0.1, -0.05) is 6.92 Å². The Labute approximate surface area is 79.7 Å². The molecule has 1 aliphatic rings.